The van der Waals surface area contributed by atoms with Crippen LogP contribution in [0.1, 0.15) is 23.2 Å². The number of rotatable bonds is 3. The third-order valence-electron chi connectivity index (χ3n) is 2.95. The molecule has 0 radical (unpaired) electrons. The molecule has 6 heteroatoms. The number of thioether (sulfide) groups is 1. The molecule has 1 fully saturated rings. The number of carboxylic acid groups (broad SMARTS) is 1. The first-order chi connectivity index (χ1) is 9.15. The highest BCUT2D eigenvalue weighted by Gasteiger charge is 2.15. The third-order valence-corrected chi connectivity index (χ3v) is 3.99. The van der Waals surface area contributed by atoms with Gasteiger partial charge < -0.3 is 15.7 Å². The number of nitrogens with one attached hydrogen (secondary N) is 2. The summed E-state index contributed by atoms with van der Waals surface area (Å²) in [6.45, 7) is 0. The van der Waals surface area contributed by atoms with Crippen LogP contribution in [0.15, 0.2) is 24.3 Å². The molecule has 3 N–H and O–H groups in total. The molecule has 5 nitrogen and oxygen atoms in total. The van der Waals surface area contributed by atoms with Gasteiger partial charge in [-0.25, -0.2) is 9.59 Å². The number of hydrogen-bond acceptors (Lipinski definition) is 3. The van der Waals surface area contributed by atoms with Crippen LogP contribution in [0.2, 0.25) is 0 Å². The van der Waals surface area contributed by atoms with Gasteiger partial charge in [-0.1, -0.05) is 0 Å². The Kier molecular flexibility index (Phi) is 4.68. The van der Waals surface area contributed by atoms with Crippen LogP contribution in [-0.4, -0.2) is 34.7 Å². The van der Waals surface area contributed by atoms with E-state index in [9.17, 15) is 9.59 Å². The Morgan fingerprint density at radius 1 is 1.16 bits per heavy atom. The lowest BCUT2D eigenvalue weighted by Gasteiger charge is -2.22. The highest BCUT2D eigenvalue weighted by molar-refractivity contribution is 7.99. The summed E-state index contributed by atoms with van der Waals surface area (Å²) < 4.78 is 0. The number of carbonyl (C=O) groups excluding carboxylic acids is 1. The first kappa shape index (κ1) is 13.7. The fourth-order valence-corrected chi connectivity index (χ4v) is 3.00. The van der Waals surface area contributed by atoms with Crippen LogP contribution in [0.5, 0.6) is 0 Å². The van der Waals surface area contributed by atoms with Gasteiger partial charge in [-0.05, 0) is 48.6 Å². The minimum Gasteiger partial charge on any atom is -0.478 e. The van der Waals surface area contributed by atoms with Gasteiger partial charge in [0, 0.05) is 11.7 Å². The number of hydrogen-bond donors (Lipinski definition) is 3. The van der Waals surface area contributed by atoms with E-state index in [0.717, 1.165) is 24.3 Å². The van der Waals surface area contributed by atoms with Crippen molar-refractivity contribution in [2.24, 2.45) is 0 Å². The Hall–Kier alpha value is -1.69. The Morgan fingerprint density at radius 2 is 1.79 bits per heavy atom. The normalized spacial score (nSPS) is 15.8. The van der Waals surface area contributed by atoms with E-state index in [2.05, 4.69) is 10.6 Å². The second kappa shape index (κ2) is 6.47. The molecule has 1 aliphatic heterocycles. The second-order valence-corrected chi connectivity index (χ2v) is 5.59. The summed E-state index contributed by atoms with van der Waals surface area (Å²) in [6.07, 6.45) is 1.99. The first-order valence-corrected chi connectivity index (χ1v) is 7.29. The standard InChI is InChI=1S/C13H16N2O3S/c16-12(17)9-1-3-10(4-2-9)14-13(18)15-11-5-7-19-8-6-11/h1-4,11H,5-8H2,(H,16,17)(H2,14,15,18). The van der Waals surface area contributed by atoms with Crippen molar-refractivity contribution in [2.75, 3.05) is 16.8 Å². The molecule has 0 atom stereocenters. The van der Waals surface area contributed by atoms with Crippen molar-refractivity contribution in [2.45, 2.75) is 18.9 Å². The van der Waals surface area contributed by atoms with Gasteiger partial charge in [-0.2, -0.15) is 11.8 Å². The van der Waals surface area contributed by atoms with E-state index < -0.39 is 5.97 Å². The highest BCUT2D eigenvalue weighted by Crippen LogP contribution is 2.17. The molecule has 1 aromatic carbocycles. The summed E-state index contributed by atoms with van der Waals surface area (Å²) in [5, 5.41) is 14.4. The van der Waals surface area contributed by atoms with Gasteiger partial charge in [0.2, 0.25) is 0 Å². The zero-order chi connectivity index (χ0) is 13.7. The molecule has 0 spiro atoms. The number of benzene rings is 1. The molecular weight excluding hydrogens is 264 g/mol. The van der Waals surface area contributed by atoms with Gasteiger partial charge in [0.05, 0.1) is 5.56 Å². The number of carboxylic acids is 1. The predicted octanol–water partition coefficient (Wildman–Crippen LogP) is 2.40. The van der Waals surface area contributed by atoms with E-state index in [-0.39, 0.29) is 17.6 Å². The van der Waals surface area contributed by atoms with E-state index in [1.807, 2.05) is 11.8 Å². The van der Waals surface area contributed by atoms with Gasteiger partial charge >= 0.3 is 12.0 Å². The Bertz CT molecular complexity index is 455. The number of anilines is 1. The molecule has 0 aromatic heterocycles. The average Bonchev–Trinajstić information content (AvgIpc) is 2.40. The maximum absolute atomic E-state index is 11.8. The van der Waals surface area contributed by atoms with Crippen LogP contribution in [0.4, 0.5) is 10.5 Å². The van der Waals surface area contributed by atoms with E-state index in [0.29, 0.717) is 5.69 Å². The molecule has 0 bridgehead atoms. The number of urea groups is 1. The fraction of sp³-hybridized carbons (Fsp3) is 0.385. The van der Waals surface area contributed by atoms with Crippen molar-refractivity contribution in [3.05, 3.63) is 29.8 Å². The molecule has 2 rings (SSSR count). The van der Waals surface area contributed by atoms with Crippen molar-refractivity contribution in [1.82, 2.24) is 5.32 Å². The van der Waals surface area contributed by atoms with E-state index in [1.165, 1.54) is 12.1 Å². The highest BCUT2D eigenvalue weighted by atomic mass is 32.2. The maximum atomic E-state index is 11.8. The molecule has 1 aliphatic rings. The predicted molar refractivity (Wildman–Crippen MR) is 75.9 cm³/mol. The van der Waals surface area contributed by atoms with Gasteiger partial charge in [0.15, 0.2) is 0 Å². The van der Waals surface area contributed by atoms with Gasteiger partial charge in [-0.3, -0.25) is 0 Å². The maximum Gasteiger partial charge on any atom is 0.335 e. The lowest BCUT2D eigenvalue weighted by atomic mass is 10.1. The van der Waals surface area contributed by atoms with Crippen molar-refractivity contribution in [3.63, 3.8) is 0 Å². The second-order valence-electron chi connectivity index (χ2n) is 4.37. The van der Waals surface area contributed by atoms with Gasteiger partial charge in [0.25, 0.3) is 0 Å². The van der Waals surface area contributed by atoms with E-state index in [1.54, 1.807) is 12.1 Å². The monoisotopic (exact) mass is 280 g/mol. The molecule has 1 heterocycles. The Morgan fingerprint density at radius 3 is 2.37 bits per heavy atom. The minimum absolute atomic E-state index is 0.204. The molecule has 2 amide bonds. The fourth-order valence-electron chi connectivity index (χ4n) is 1.89. The van der Waals surface area contributed by atoms with Crippen LogP contribution in [0, 0.1) is 0 Å². The molecule has 1 saturated heterocycles. The van der Waals surface area contributed by atoms with Gasteiger partial charge in [0.1, 0.15) is 0 Å². The summed E-state index contributed by atoms with van der Waals surface area (Å²) in [7, 11) is 0. The Labute approximate surface area is 115 Å². The van der Waals surface area contributed by atoms with E-state index >= 15 is 0 Å². The van der Waals surface area contributed by atoms with Crippen LogP contribution in [0.3, 0.4) is 0 Å². The lowest BCUT2D eigenvalue weighted by molar-refractivity contribution is 0.0697. The van der Waals surface area contributed by atoms with E-state index in [4.69, 9.17) is 5.11 Å². The molecule has 1 aromatic rings. The largest absolute Gasteiger partial charge is 0.478 e. The molecule has 0 aliphatic carbocycles. The average molecular weight is 280 g/mol. The molecule has 19 heavy (non-hydrogen) atoms. The summed E-state index contributed by atoms with van der Waals surface area (Å²) in [6, 6.07) is 6.10. The van der Waals surface area contributed by atoms with Crippen molar-refractivity contribution < 1.29 is 14.7 Å². The molecule has 102 valence electrons. The SMILES string of the molecule is O=C(Nc1ccc(C(=O)O)cc1)NC1CCSCC1. The summed E-state index contributed by atoms with van der Waals surface area (Å²) in [5.74, 6) is 1.19. The third kappa shape index (κ3) is 4.17. The summed E-state index contributed by atoms with van der Waals surface area (Å²) in [5.41, 5.74) is 0.794. The first-order valence-electron chi connectivity index (χ1n) is 6.14. The van der Waals surface area contributed by atoms with Crippen molar-refractivity contribution in [3.8, 4) is 0 Å². The topological polar surface area (TPSA) is 78.4 Å². The van der Waals surface area contributed by atoms with Gasteiger partial charge in [-0.15, -0.1) is 0 Å². The van der Waals surface area contributed by atoms with Crippen molar-refractivity contribution >= 4 is 29.4 Å². The minimum atomic E-state index is -0.976. The smallest absolute Gasteiger partial charge is 0.335 e. The zero-order valence-electron chi connectivity index (χ0n) is 10.4. The summed E-state index contributed by atoms with van der Waals surface area (Å²) in [4.78, 5) is 22.4. The summed E-state index contributed by atoms with van der Waals surface area (Å²) >= 11 is 1.91. The lowest BCUT2D eigenvalue weighted by Crippen LogP contribution is -2.39. The van der Waals surface area contributed by atoms with Crippen molar-refractivity contribution in [1.29, 1.82) is 0 Å². The quantitative estimate of drug-likeness (QED) is 0.794. The van der Waals surface area contributed by atoms with Crippen LogP contribution < -0.4 is 10.6 Å². The molecule has 0 saturated carbocycles. The number of aromatic carboxylic acids is 1. The van der Waals surface area contributed by atoms with Crippen LogP contribution >= 0.6 is 11.8 Å². The Balaban J connectivity index is 1.85. The molecule has 0 unspecified atom stereocenters. The number of amides is 2. The zero-order valence-corrected chi connectivity index (χ0v) is 11.2. The molecular formula is C13H16N2O3S. The van der Waals surface area contributed by atoms with Crippen LogP contribution in [0.25, 0.3) is 0 Å². The van der Waals surface area contributed by atoms with Crippen LogP contribution in [-0.2, 0) is 0 Å². The number of carbonyl (C=O) groups is 2.